The van der Waals surface area contributed by atoms with Gasteiger partial charge in [-0.1, -0.05) is 30.3 Å². The molecule has 5 nitrogen and oxygen atoms in total. The summed E-state index contributed by atoms with van der Waals surface area (Å²) in [6.45, 7) is 1.42. The third kappa shape index (κ3) is 4.55. The van der Waals surface area contributed by atoms with E-state index in [9.17, 15) is 4.79 Å². The van der Waals surface area contributed by atoms with Crippen LogP contribution in [0.5, 0.6) is 0 Å². The first-order valence-electron chi connectivity index (χ1n) is 7.94. The number of nitrogens with zero attached hydrogens (tertiary/aromatic N) is 2. The fourth-order valence-corrected chi connectivity index (χ4v) is 2.81. The molecule has 6 heteroatoms. The lowest BCUT2D eigenvalue weighted by atomic mass is 10.2. The maximum absolute atomic E-state index is 12.6. The highest BCUT2D eigenvalue weighted by Gasteiger charge is 2.25. The third-order valence-corrected chi connectivity index (χ3v) is 4.29. The number of ether oxygens (including phenoxy) is 2. The normalized spacial score (nSPS) is 16.8. The second-order valence-electron chi connectivity index (χ2n) is 5.62. The molecule has 2 aromatic rings. The van der Waals surface area contributed by atoms with E-state index in [4.69, 9.17) is 9.47 Å². The Morgan fingerprint density at radius 3 is 2.79 bits per heavy atom. The van der Waals surface area contributed by atoms with E-state index >= 15 is 0 Å². The number of hydrogen-bond acceptors (Lipinski definition) is 4. The minimum Gasteiger partial charge on any atom is -0.444 e. The molecule has 1 saturated heterocycles. The van der Waals surface area contributed by atoms with Gasteiger partial charge in [-0.25, -0.2) is 9.78 Å². The quantitative estimate of drug-likeness (QED) is 0.768. The minimum absolute atomic E-state index is 0.0275. The Bertz CT molecular complexity index is 658. The van der Waals surface area contributed by atoms with Crippen LogP contribution in [0.4, 0.5) is 10.6 Å². The number of pyridine rings is 1. The van der Waals surface area contributed by atoms with E-state index in [0.29, 0.717) is 12.4 Å². The van der Waals surface area contributed by atoms with Crippen LogP contribution >= 0.6 is 15.9 Å². The Morgan fingerprint density at radius 1 is 1.29 bits per heavy atom. The van der Waals surface area contributed by atoms with Crippen LogP contribution in [0, 0.1) is 0 Å². The predicted octanol–water partition coefficient (Wildman–Crippen LogP) is 4.17. The van der Waals surface area contributed by atoms with Crippen LogP contribution in [0.2, 0.25) is 0 Å². The lowest BCUT2D eigenvalue weighted by Gasteiger charge is -2.24. The van der Waals surface area contributed by atoms with Crippen molar-refractivity contribution < 1.29 is 14.3 Å². The van der Waals surface area contributed by atoms with E-state index in [1.165, 1.54) is 0 Å². The average molecular weight is 391 g/mol. The second kappa shape index (κ2) is 8.26. The molecule has 0 spiro atoms. The van der Waals surface area contributed by atoms with Gasteiger partial charge in [-0.2, -0.15) is 0 Å². The molecule has 1 aromatic heterocycles. The summed E-state index contributed by atoms with van der Waals surface area (Å²) in [6, 6.07) is 13.3. The van der Waals surface area contributed by atoms with Gasteiger partial charge in [0.25, 0.3) is 0 Å². The highest BCUT2D eigenvalue weighted by atomic mass is 79.9. The zero-order valence-corrected chi connectivity index (χ0v) is 14.8. The molecule has 2 heterocycles. The molecule has 1 aliphatic rings. The molecule has 0 saturated carbocycles. The predicted molar refractivity (Wildman–Crippen MR) is 94.9 cm³/mol. The highest BCUT2D eigenvalue weighted by Crippen LogP contribution is 2.20. The van der Waals surface area contributed by atoms with Crippen molar-refractivity contribution >= 4 is 27.8 Å². The Hall–Kier alpha value is -1.92. The molecule has 1 aromatic carbocycles. The maximum Gasteiger partial charge on any atom is 0.415 e. The van der Waals surface area contributed by atoms with E-state index in [1.54, 1.807) is 17.2 Å². The summed E-state index contributed by atoms with van der Waals surface area (Å²) in [5, 5.41) is 0. The molecule has 0 radical (unpaired) electrons. The number of halogens is 1. The first-order chi connectivity index (χ1) is 11.7. The van der Waals surface area contributed by atoms with Crippen LogP contribution in [0.15, 0.2) is 53.1 Å². The summed E-state index contributed by atoms with van der Waals surface area (Å²) in [6.07, 6.45) is 3.25. The molecule has 1 unspecified atom stereocenters. The zero-order valence-electron chi connectivity index (χ0n) is 13.2. The number of hydrogen-bond donors (Lipinski definition) is 0. The molecule has 1 aliphatic heterocycles. The van der Waals surface area contributed by atoms with Gasteiger partial charge in [0.2, 0.25) is 0 Å². The second-order valence-corrected chi connectivity index (χ2v) is 6.54. The van der Waals surface area contributed by atoms with Crippen molar-refractivity contribution in [1.82, 2.24) is 4.98 Å². The standard InChI is InChI=1S/C18H19BrN2O3/c19-15-8-9-17(20-11-15)21(12-16-7-4-10-23-16)18(22)24-13-14-5-2-1-3-6-14/h1-3,5-6,8-9,11,16H,4,7,10,12-13H2. The van der Waals surface area contributed by atoms with E-state index in [1.807, 2.05) is 36.4 Å². The monoisotopic (exact) mass is 390 g/mol. The van der Waals surface area contributed by atoms with Crippen molar-refractivity contribution in [2.24, 2.45) is 0 Å². The topological polar surface area (TPSA) is 51.7 Å². The van der Waals surface area contributed by atoms with Gasteiger partial charge >= 0.3 is 6.09 Å². The lowest BCUT2D eigenvalue weighted by Crippen LogP contribution is -2.38. The maximum atomic E-state index is 12.6. The molecule has 126 valence electrons. The van der Waals surface area contributed by atoms with Gasteiger partial charge in [-0.3, -0.25) is 4.90 Å². The lowest BCUT2D eigenvalue weighted by molar-refractivity contribution is 0.108. The van der Waals surface area contributed by atoms with Gasteiger partial charge in [-0.05, 0) is 46.5 Å². The van der Waals surface area contributed by atoms with E-state index in [2.05, 4.69) is 20.9 Å². The Kier molecular flexibility index (Phi) is 5.82. The fraction of sp³-hybridized carbons (Fsp3) is 0.333. The zero-order chi connectivity index (χ0) is 16.8. The van der Waals surface area contributed by atoms with Gasteiger partial charge < -0.3 is 9.47 Å². The molecule has 1 amide bonds. The number of rotatable bonds is 5. The fourth-order valence-electron chi connectivity index (χ4n) is 2.58. The number of amides is 1. The molecule has 3 rings (SSSR count). The Morgan fingerprint density at radius 2 is 2.12 bits per heavy atom. The molecule has 0 N–H and O–H groups in total. The van der Waals surface area contributed by atoms with Crippen LogP contribution in [-0.2, 0) is 16.1 Å². The van der Waals surface area contributed by atoms with Crippen LogP contribution in [-0.4, -0.2) is 30.3 Å². The van der Waals surface area contributed by atoms with Crippen molar-refractivity contribution in [3.63, 3.8) is 0 Å². The summed E-state index contributed by atoms with van der Waals surface area (Å²) in [5.41, 5.74) is 0.951. The van der Waals surface area contributed by atoms with Gasteiger partial charge in [-0.15, -0.1) is 0 Å². The Balaban J connectivity index is 1.70. The highest BCUT2D eigenvalue weighted by molar-refractivity contribution is 9.10. The van der Waals surface area contributed by atoms with Gasteiger partial charge in [0.1, 0.15) is 12.4 Å². The SMILES string of the molecule is O=C(OCc1ccccc1)N(CC1CCCO1)c1ccc(Br)cn1. The molecule has 0 bridgehead atoms. The molecular weight excluding hydrogens is 372 g/mol. The van der Waals surface area contributed by atoms with Crippen LogP contribution < -0.4 is 4.90 Å². The summed E-state index contributed by atoms with van der Waals surface area (Å²) in [5.74, 6) is 0.562. The van der Waals surface area contributed by atoms with E-state index < -0.39 is 6.09 Å². The minimum atomic E-state index is -0.413. The van der Waals surface area contributed by atoms with Crippen molar-refractivity contribution in [1.29, 1.82) is 0 Å². The largest absolute Gasteiger partial charge is 0.444 e. The van der Waals surface area contributed by atoms with Crippen LogP contribution in [0.1, 0.15) is 18.4 Å². The van der Waals surface area contributed by atoms with Crippen molar-refractivity contribution in [3.8, 4) is 0 Å². The van der Waals surface area contributed by atoms with Crippen molar-refractivity contribution in [2.45, 2.75) is 25.6 Å². The first-order valence-corrected chi connectivity index (χ1v) is 8.73. The van der Waals surface area contributed by atoms with Gasteiger partial charge in [0, 0.05) is 17.3 Å². The molecule has 1 fully saturated rings. The smallest absolute Gasteiger partial charge is 0.415 e. The summed E-state index contributed by atoms with van der Waals surface area (Å²) < 4.78 is 12.0. The molecule has 24 heavy (non-hydrogen) atoms. The molecule has 0 aliphatic carbocycles. The first kappa shape index (κ1) is 16.9. The van der Waals surface area contributed by atoms with Gasteiger partial charge in [0.15, 0.2) is 0 Å². The van der Waals surface area contributed by atoms with Crippen molar-refractivity contribution in [3.05, 3.63) is 58.7 Å². The van der Waals surface area contributed by atoms with Crippen molar-refractivity contribution in [2.75, 3.05) is 18.1 Å². The van der Waals surface area contributed by atoms with Crippen LogP contribution in [0.3, 0.4) is 0 Å². The van der Waals surface area contributed by atoms with E-state index in [0.717, 1.165) is 29.5 Å². The van der Waals surface area contributed by atoms with Gasteiger partial charge in [0.05, 0.1) is 12.6 Å². The number of aromatic nitrogens is 1. The molecule has 1 atom stereocenters. The summed E-state index contributed by atoms with van der Waals surface area (Å²) in [7, 11) is 0. The molecular formula is C18H19BrN2O3. The summed E-state index contributed by atoms with van der Waals surface area (Å²) in [4.78, 5) is 18.5. The average Bonchev–Trinajstić information content (AvgIpc) is 3.13. The number of carbonyl (C=O) groups is 1. The van der Waals surface area contributed by atoms with E-state index in [-0.39, 0.29) is 12.7 Å². The summed E-state index contributed by atoms with van der Waals surface area (Å²) >= 11 is 3.36. The number of anilines is 1. The third-order valence-electron chi connectivity index (χ3n) is 3.82. The number of benzene rings is 1. The van der Waals surface area contributed by atoms with Crippen LogP contribution in [0.25, 0.3) is 0 Å². The Labute approximate surface area is 149 Å². The number of carbonyl (C=O) groups excluding carboxylic acids is 1.